The average molecular weight is 317 g/mol. The minimum absolute atomic E-state index is 0.339. The third-order valence-electron chi connectivity index (χ3n) is 3.56. The Labute approximate surface area is 128 Å². The molecule has 0 saturated heterocycles. The summed E-state index contributed by atoms with van der Waals surface area (Å²) in [5.74, 6) is -2.36. The molecule has 0 bridgehead atoms. The van der Waals surface area contributed by atoms with Gasteiger partial charge in [-0.3, -0.25) is 4.79 Å². The molecule has 0 aromatic rings. The van der Waals surface area contributed by atoms with Gasteiger partial charge in [0.2, 0.25) is 11.7 Å². The van der Waals surface area contributed by atoms with Crippen LogP contribution < -0.4 is 5.32 Å². The molecule has 0 aromatic carbocycles. The van der Waals surface area contributed by atoms with Gasteiger partial charge < -0.3 is 30.5 Å². The van der Waals surface area contributed by atoms with E-state index in [0.717, 1.165) is 6.42 Å². The number of hydrogen-bond donors (Lipinski definition) is 5. The molecule has 22 heavy (non-hydrogen) atoms. The van der Waals surface area contributed by atoms with E-state index in [0.29, 0.717) is 6.42 Å². The summed E-state index contributed by atoms with van der Waals surface area (Å²) in [4.78, 5) is 22.6. The van der Waals surface area contributed by atoms with Crippen molar-refractivity contribution in [1.82, 2.24) is 5.32 Å². The van der Waals surface area contributed by atoms with Crippen molar-refractivity contribution < 1.29 is 34.8 Å². The number of carboxylic acids is 1. The highest BCUT2D eigenvalue weighted by Crippen LogP contribution is 2.29. The Bertz CT molecular complexity index is 437. The number of aliphatic hydroxyl groups is 3. The van der Waals surface area contributed by atoms with Crippen molar-refractivity contribution in [2.45, 2.75) is 51.0 Å². The van der Waals surface area contributed by atoms with Crippen LogP contribution >= 0.6 is 0 Å². The number of aliphatic carboxylic acids is 1. The summed E-state index contributed by atoms with van der Waals surface area (Å²) in [7, 11) is 0. The van der Waals surface area contributed by atoms with E-state index in [9.17, 15) is 19.8 Å². The number of ether oxygens (including phenoxy) is 1. The second kappa shape index (κ2) is 8.11. The fourth-order valence-electron chi connectivity index (χ4n) is 2.55. The van der Waals surface area contributed by atoms with E-state index in [1.54, 1.807) is 0 Å². The first-order valence-electron chi connectivity index (χ1n) is 7.17. The molecule has 0 aromatic heterocycles. The SMILES string of the molecule is CCCC1C=C(C(=O)O)OC(C(O)C(O)CO)C1NC(C)=O. The van der Waals surface area contributed by atoms with Crippen LogP contribution in [0, 0.1) is 5.92 Å². The molecule has 5 atom stereocenters. The molecule has 0 spiro atoms. The van der Waals surface area contributed by atoms with Crippen molar-refractivity contribution in [2.75, 3.05) is 6.61 Å². The van der Waals surface area contributed by atoms with Crippen molar-refractivity contribution >= 4 is 11.9 Å². The second-order valence-corrected chi connectivity index (χ2v) is 5.34. The van der Waals surface area contributed by atoms with E-state index in [4.69, 9.17) is 14.9 Å². The average Bonchev–Trinajstić information content (AvgIpc) is 2.46. The number of rotatable bonds is 7. The highest BCUT2D eigenvalue weighted by molar-refractivity contribution is 5.84. The van der Waals surface area contributed by atoms with Gasteiger partial charge in [0.05, 0.1) is 12.6 Å². The summed E-state index contributed by atoms with van der Waals surface area (Å²) < 4.78 is 5.25. The maximum absolute atomic E-state index is 11.4. The topological polar surface area (TPSA) is 136 Å². The molecule has 1 rings (SSSR count). The van der Waals surface area contributed by atoms with Gasteiger partial charge in [0, 0.05) is 12.8 Å². The summed E-state index contributed by atoms with van der Waals surface area (Å²) in [5, 5.41) is 40.4. The molecule has 0 fully saturated rings. The molecule has 1 aliphatic heterocycles. The van der Waals surface area contributed by atoms with Crippen LogP contribution in [-0.4, -0.2) is 63.3 Å². The lowest BCUT2D eigenvalue weighted by atomic mass is 9.84. The third-order valence-corrected chi connectivity index (χ3v) is 3.56. The predicted molar refractivity (Wildman–Crippen MR) is 75.7 cm³/mol. The van der Waals surface area contributed by atoms with Crippen molar-refractivity contribution in [2.24, 2.45) is 5.92 Å². The zero-order valence-electron chi connectivity index (χ0n) is 12.6. The van der Waals surface area contributed by atoms with Gasteiger partial charge in [-0.15, -0.1) is 0 Å². The molecule has 0 radical (unpaired) electrons. The summed E-state index contributed by atoms with van der Waals surface area (Å²) in [6.45, 7) is 2.49. The molecule has 126 valence electrons. The van der Waals surface area contributed by atoms with Crippen molar-refractivity contribution in [1.29, 1.82) is 0 Å². The Morgan fingerprint density at radius 2 is 2.05 bits per heavy atom. The quantitative estimate of drug-likeness (QED) is 0.406. The monoisotopic (exact) mass is 317 g/mol. The zero-order valence-corrected chi connectivity index (χ0v) is 12.6. The lowest BCUT2D eigenvalue weighted by Gasteiger charge is -2.40. The maximum atomic E-state index is 11.4. The third kappa shape index (κ3) is 4.43. The van der Waals surface area contributed by atoms with Gasteiger partial charge >= 0.3 is 5.97 Å². The van der Waals surface area contributed by atoms with Crippen LogP contribution in [0.5, 0.6) is 0 Å². The molecule has 1 heterocycles. The van der Waals surface area contributed by atoms with Crippen molar-refractivity contribution in [3.63, 3.8) is 0 Å². The van der Waals surface area contributed by atoms with Gasteiger partial charge in [-0.2, -0.15) is 0 Å². The lowest BCUT2D eigenvalue weighted by molar-refractivity contribution is -0.147. The molecule has 1 aliphatic rings. The van der Waals surface area contributed by atoms with Crippen LogP contribution in [0.25, 0.3) is 0 Å². The largest absolute Gasteiger partial charge is 0.478 e. The maximum Gasteiger partial charge on any atom is 0.370 e. The van der Waals surface area contributed by atoms with Gasteiger partial charge in [-0.1, -0.05) is 13.3 Å². The predicted octanol–water partition coefficient (Wildman–Crippen LogP) is -1.01. The van der Waals surface area contributed by atoms with E-state index < -0.39 is 36.9 Å². The lowest BCUT2D eigenvalue weighted by Crippen LogP contribution is -2.58. The zero-order chi connectivity index (χ0) is 16.9. The highest BCUT2D eigenvalue weighted by Gasteiger charge is 2.42. The highest BCUT2D eigenvalue weighted by atomic mass is 16.5. The summed E-state index contributed by atoms with van der Waals surface area (Å²) in [6, 6.07) is -0.697. The van der Waals surface area contributed by atoms with E-state index in [1.807, 2.05) is 6.92 Å². The minimum Gasteiger partial charge on any atom is -0.478 e. The molecule has 5 N–H and O–H groups in total. The van der Waals surface area contributed by atoms with Crippen LogP contribution in [-0.2, 0) is 14.3 Å². The fourth-order valence-corrected chi connectivity index (χ4v) is 2.55. The number of carbonyl (C=O) groups is 2. The fraction of sp³-hybridized carbons (Fsp3) is 0.714. The van der Waals surface area contributed by atoms with Crippen LogP contribution in [0.1, 0.15) is 26.7 Å². The van der Waals surface area contributed by atoms with Crippen LogP contribution in [0.3, 0.4) is 0 Å². The first kappa shape index (κ1) is 18.4. The van der Waals surface area contributed by atoms with E-state index in [1.165, 1.54) is 13.0 Å². The number of nitrogens with one attached hydrogen (secondary N) is 1. The van der Waals surface area contributed by atoms with Crippen molar-refractivity contribution in [3.05, 3.63) is 11.8 Å². The summed E-state index contributed by atoms with van der Waals surface area (Å²) in [5.41, 5.74) is 0. The molecule has 5 unspecified atom stereocenters. The standard InChI is InChI=1S/C14H23NO7/c1-3-4-8-5-10(14(20)21)22-13(11(8)15-7(2)17)12(19)9(18)6-16/h5,8-9,11-13,16,18-19H,3-4,6H2,1-2H3,(H,15,17)(H,20,21). The molecule has 0 aliphatic carbocycles. The second-order valence-electron chi connectivity index (χ2n) is 5.34. The molecular formula is C14H23NO7. The van der Waals surface area contributed by atoms with Gasteiger partial charge in [0.25, 0.3) is 0 Å². The Morgan fingerprint density at radius 1 is 1.41 bits per heavy atom. The Balaban J connectivity index is 3.15. The first-order valence-corrected chi connectivity index (χ1v) is 7.17. The summed E-state index contributed by atoms with van der Waals surface area (Å²) in [6.07, 6.45) is -1.50. The number of amides is 1. The number of hydrogen-bond acceptors (Lipinski definition) is 6. The Hall–Kier alpha value is -1.64. The van der Waals surface area contributed by atoms with Crippen LogP contribution in [0.15, 0.2) is 11.8 Å². The number of carboxylic acid groups (broad SMARTS) is 1. The molecule has 0 saturated carbocycles. The van der Waals surface area contributed by atoms with Crippen molar-refractivity contribution in [3.8, 4) is 0 Å². The van der Waals surface area contributed by atoms with E-state index >= 15 is 0 Å². The smallest absolute Gasteiger partial charge is 0.370 e. The van der Waals surface area contributed by atoms with Gasteiger partial charge in [0.1, 0.15) is 18.3 Å². The molecule has 8 heteroatoms. The van der Waals surface area contributed by atoms with Crippen LogP contribution in [0.2, 0.25) is 0 Å². The molecule has 1 amide bonds. The number of aliphatic hydroxyl groups excluding tert-OH is 3. The Kier molecular flexibility index (Phi) is 6.79. The van der Waals surface area contributed by atoms with E-state index in [-0.39, 0.29) is 17.6 Å². The minimum atomic E-state index is -1.54. The number of carbonyl (C=O) groups excluding carboxylic acids is 1. The summed E-state index contributed by atoms with van der Waals surface area (Å²) >= 11 is 0. The first-order chi connectivity index (χ1) is 10.3. The van der Waals surface area contributed by atoms with Gasteiger partial charge in [-0.25, -0.2) is 4.79 Å². The van der Waals surface area contributed by atoms with Gasteiger partial charge in [0.15, 0.2) is 0 Å². The van der Waals surface area contributed by atoms with Crippen LogP contribution in [0.4, 0.5) is 0 Å². The molecule has 8 nitrogen and oxygen atoms in total. The normalized spacial score (nSPS) is 27.3. The Morgan fingerprint density at radius 3 is 2.50 bits per heavy atom. The molecular weight excluding hydrogens is 294 g/mol. The van der Waals surface area contributed by atoms with Gasteiger partial charge in [-0.05, 0) is 12.5 Å². The van der Waals surface area contributed by atoms with E-state index in [2.05, 4.69) is 5.32 Å².